The zero-order valence-electron chi connectivity index (χ0n) is 9.32. The Hall–Kier alpha value is -1.42. The lowest BCUT2D eigenvalue weighted by molar-refractivity contribution is 0.382. The van der Waals surface area contributed by atoms with Gasteiger partial charge in [-0.1, -0.05) is 12.5 Å². The molecule has 0 amide bonds. The normalized spacial score (nSPS) is 25.3. The first-order valence-corrected chi connectivity index (χ1v) is 5.75. The van der Waals surface area contributed by atoms with Gasteiger partial charge in [-0.2, -0.15) is 0 Å². The van der Waals surface area contributed by atoms with Gasteiger partial charge in [0.1, 0.15) is 11.3 Å². The van der Waals surface area contributed by atoms with E-state index in [-0.39, 0.29) is 12.0 Å². The second-order valence-electron chi connectivity index (χ2n) is 4.46. The Morgan fingerprint density at radius 3 is 2.88 bits per heavy atom. The fourth-order valence-corrected chi connectivity index (χ4v) is 2.33. The third-order valence-corrected chi connectivity index (χ3v) is 3.22. The van der Waals surface area contributed by atoms with Crippen molar-refractivity contribution in [1.29, 1.82) is 10.8 Å². The van der Waals surface area contributed by atoms with Crippen LogP contribution in [0.5, 0.6) is 0 Å². The lowest BCUT2D eigenvalue weighted by Crippen LogP contribution is -2.37. The summed E-state index contributed by atoms with van der Waals surface area (Å²) in [4.78, 5) is 0. The Morgan fingerprint density at radius 1 is 1.38 bits per heavy atom. The van der Waals surface area contributed by atoms with Crippen LogP contribution in [-0.4, -0.2) is 16.4 Å². The van der Waals surface area contributed by atoms with E-state index in [0.29, 0.717) is 11.3 Å². The molecule has 0 spiro atoms. The van der Waals surface area contributed by atoms with Crippen LogP contribution in [0.15, 0.2) is 24.4 Å². The third-order valence-electron chi connectivity index (χ3n) is 3.22. The molecule has 16 heavy (non-hydrogen) atoms. The zero-order chi connectivity index (χ0) is 11.5. The average molecular weight is 218 g/mol. The predicted molar refractivity (Wildman–Crippen MR) is 63.3 cm³/mol. The van der Waals surface area contributed by atoms with Gasteiger partial charge in [-0.05, 0) is 31.4 Å². The van der Waals surface area contributed by atoms with Gasteiger partial charge in [-0.25, -0.2) is 0 Å². The summed E-state index contributed by atoms with van der Waals surface area (Å²) in [5, 5.41) is 15.9. The van der Waals surface area contributed by atoms with Crippen molar-refractivity contribution in [3.8, 4) is 0 Å². The molecule has 1 aliphatic carbocycles. The number of rotatable bonds is 1. The molecule has 0 aromatic carbocycles. The first-order valence-electron chi connectivity index (χ1n) is 5.75. The smallest absolute Gasteiger partial charge is 0.130 e. The van der Waals surface area contributed by atoms with E-state index in [1.807, 2.05) is 12.1 Å². The van der Waals surface area contributed by atoms with Crippen LogP contribution in [0.25, 0.3) is 0 Å². The van der Waals surface area contributed by atoms with E-state index in [2.05, 4.69) is 0 Å². The molecule has 1 aliphatic rings. The number of nitrogens with one attached hydrogen (secondary N) is 2. The molecule has 4 N–H and O–H groups in total. The summed E-state index contributed by atoms with van der Waals surface area (Å²) in [6.45, 7) is 0. The molecule has 1 aromatic rings. The fourth-order valence-electron chi connectivity index (χ4n) is 2.33. The van der Waals surface area contributed by atoms with Crippen LogP contribution in [0.1, 0.15) is 25.7 Å². The maximum Gasteiger partial charge on any atom is 0.130 e. The highest BCUT2D eigenvalue weighted by Crippen LogP contribution is 2.23. The largest absolute Gasteiger partial charge is 0.328 e. The summed E-state index contributed by atoms with van der Waals surface area (Å²) >= 11 is 0. The predicted octanol–water partition coefficient (Wildman–Crippen LogP) is 1.31. The van der Waals surface area contributed by atoms with Crippen molar-refractivity contribution in [2.75, 3.05) is 0 Å². The van der Waals surface area contributed by atoms with Crippen molar-refractivity contribution in [2.24, 2.45) is 11.7 Å². The molecule has 4 heteroatoms. The first-order chi connectivity index (χ1) is 7.68. The lowest BCUT2D eigenvalue weighted by Gasteiger charge is -2.27. The lowest BCUT2D eigenvalue weighted by atomic mass is 9.85. The number of pyridine rings is 1. The molecule has 86 valence electrons. The van der Waals surface area contributed by atoms with E-state index in [1.54, 1.807) is 16.8 Å². The maximum absolute atomic E-state index is 8.14. The Kier molecular flexibility index (Phi) is 3.19. The van der Waals surface area contributed by atoms with Gasteiger partial charge in [0, 0.05) is 18.2 Å². The fraction of sp³-hybridized carbons (Fsp3) is 0.500. The summed E-state index contributed by atoms with van der Waals surface area (Å²) in [5.41, 5.74) is 6.29. The van der Waals surface area contributed by atoms with Crippen LogP contribution in [0.3, 0.4) is 0 Å². The van der Waals surface area contributed by atoms with Gasteiger partial charge < -0.3 is 5.73 Å². The van der Waals surface area contributed by atoms with E-state index in [1.165, 1.54) is 0 Å². The SMILES string of the molecule is N=C([C@H]1CCC[C@@H](N)C1)n1ccccc1=N. The molecule has 0 radical (unpaired) electrons. The van der Waals surface area contributed by atoms with Crippen LogP contribution in [0, 0.1) is 16.7 Å². The monoisotopic (exact) mass is 218 g/mol. The molecule has 0 aliphatic heterocycles. The minimum atomic E-state index is 0.209. The van der Waals surface area contributed by atoms with Crippen molar-refractivity contribution in [2.45, 2.75) is 31.7 Å². The number of hydrogen-bond acceptors (Lipinski definition) is 3. The van der Waals surface area contributed by atoms with Crippen molar-refractivity contribution in [3.05, 3.63) is 29.9 Å². The standard InChI is InChI=1S/C12H18N4/c13-10-5-3-4-9(8-10)12(15)16-7-2-1-6-11(16)14/h1-2,6-7,9-10,14-15H,3-5,8,13H2/t9-,10+/m0/s1. The van der Waals surface area contributed by atoms with Crippen molar-refractivity contribution < 1.29 is 0 Å². The number of nitrogens with two attached hydrogens (primary N) is 1. The molecule has 1 aromatic heterocycles. The number of hydrogen-bond donors (Lipinski definition) is 3. The van der Waals surface area contributed by atoms with Gasteiger partial charge in [0.05, 0.1) is 0 Å². The second-order valence-corrected chi connectivity index (χ2v) is 4.46. The van der Waals surface area contributed by atoms with E-state index in [4.69, 9.17) is 16.6 Å². The Bertz CT molecular complexity index is 435. The average Bonchev–Trinajstić information content (AvgIpc) is 2.29. The van der Waals surface area contributed by atoms with Crippen molar-refractivity contribution in [3.63, 3.8) is 0 Å². The molecule has 2 atom stereocenters. The summed E-state index contributed by atoms with van der Waals surface area (Å²) in [5.74, 6) is 0.723. The third kappa shape index (κ3) is 2.22. The molecule has 1 fully saturated rings. The molecule has 0 bridgehead atoms. The second kappa shape index (κ2) is 4.61. The highest BCUT2D eigenvalue weighted by atomic mass is 15.0. The Labute approximate surface area is 95.1 Å². The van der Waals surface area contributed by atoms with Gasteiger partial charge in [-0.15, -0.1) is 0 Å². The maximum atomic E-state index is 8.14. The number of aromatic nitrogens is 1. The van der Waals surface area contributed by atoms with E-state index in [9.17, 15) is 0 Å². The van der Waals surface area contributed by atoms with Crippen LogP contribution >= 0.6 is 0 Å². The highest BCUT2D eigenvalue weighted by Gasteiger charge is 2.23. The minimum absolute atomic E-state index is 0.209. The first kappa shape index (κ1) is 11.1. The molecular formula is C12H18N4. The highest BCUT2D eigenvalue weighted by molar-refractivity contribution is 5.83. The van der Waals surface area contributed by atoms with E-state index in [0.717, 1.165) is 25.7 Å². The molecule has 1 saturated carbocycles. The minimum Gasteiger partial charge on any atom is -0.328 e. The van der Waals surface area contributed by atoms with Gasteiger partial charge in [-0.3, -0.25) is 15.4 Å². The Balaban J connectivity index is 2.19. The molecule has 1 heterocycles. The van der Waals surface area contributed by atoms with Crippen LogP contribution in [0.4, 0.5) is 0 Å². The molecular weight excluding hydrogens is 200 g/mol. The summed E-state index contributed by atoms with van der Waals surface area (Å²) < 4.78 is 1.64. The van der Waals surface area contributed by atoms with Gasteiger partial charge in [0.2, 0.25) is 0 Å². The zero-order valence-corrected chi connectivity index (χ0v) is 9.32. The summed E-state index contributed by atoms with van der Waals surface area (Å²) in [6, 6.07) is 5.60. The van der Waals surface area contributed by atoms with E-state index < -0.39 is 0 Å². The quantitative estimate of drug-likeness (QED) is 0.482. The van der Waals surface area contributed by atoms with Gasteiger partial charge in [0.15, 0.2) is 0 Å². The summed E-state index contributed by atoms with van der Waals surface area (Å²) in [6.07, 6.45) is 5.84. The summed E-state index contributed by atoms with van der Waals surface area (Å²) in [7, 11) is 0. The number of nitrogens with zero attached hydrogens (tertiary/aromatic N) is 1. The van der Waals surface area contributed by atoms with Crippen molar-refractivity contribution in [1.82, 2.24) is 4.57 Å². The van der Waals surface area contributed by atoms with E-state index >= 15 is 0 Å². The molecule has 0 saturated heterocycles. The van der Waals surface area contributed by atoms with Gasteiger partial charge in [0.25, 0.3) is 0 Å². The van der Waals surface area contributed by atoms with Crippen LogP contribution in [0.2, 0.25) is 0 Å². The topological polar surface area (TPSA) is 78.7 Å². The van der Waals surface area contributed by atoms with Crippen molar-refractivity contribution >= 4 is 5.84 Å². The molecule has 4 nitrogen and oxygen atoms in total. The molecule has 0 unspecified atom stereocenters. The Morgan fingerprint density at radius 2 is 2.19 bits per heavy atom. The molecule has 2 rings (SSSR count). The van der Waals surface area contributed by atoms with Crippen LogP contribution in [-0.2, 0) is 0 Å². The van der Waals surface area contributed by atoms with Crippen LogP contribution < -0.4 is 11.2 Å². The van der Waals surface area contributed by atoms with Gasteiger partial charge >= 0.3 is 0 Å².